The van der Waals surface area contributed by atoms with Crippen molar-refractivity contribution >= 4 is 11.7 Å². The van der Waals surface area contributed by atoms with Gasteiger partial charge in [0.15, 0.2) is 0 Å². The van der Waals surface area contributed by atoms with Gasteiger partial charge in [-0.25, -0.2) is 0 Å². The van der Waals surface area contributed by atoms with Gasteiger partial charge in [0, 0.05) is 36.3 Å². The van der Waals surface area contributed by atoms with Gasteiger partial charge in [0.2, 0.25) is 0 Å². The molecule has 1 aliphatic heterocycles. The first-order valence-electron chi connectivity index (χ1n) is 11.9. The molecule has 32 heavy (non-hydrogen) atoms. The molecule has 0 unspecified atom stereocenters. The van der Waals surface area contributed by atoms with Crippen LogP contribution in [0.1, 0.15) is 69.9 Å². The van der Waals surface area contributed by atoms with Gasteiger partial charge in [0.25, 0.3) is 0 Å². The second-order valence-corrected chi connectivity index (χ2v) is 9.45. The Kier molecular flexibility index (Phi) is 7.04. The summed E-state index contributed by atoms with van der Waals surface area (Å²) < 4.78 is 11.9. The van der Waals surface area contributed by atoms with Crippen molar-refractivity contribution in [2.45, 2.75) is 83.5 Å². The highest BCUT2D eigenvalue weighted by atomic mass is 16.5. The Morgan fingerprint density at radius 3 is 2.75 bits per heavy atom. The van der Waals surface area contributed by atoms with E-state index in [0.717, 1.165) is 43.4 Å². The van der Waals surface area contributed by atoms with Crippen molar-refractivity contribution in [3.05, 3.63) is 53.6 Å². The zero-order chi connectivity index (χ0) is 22.7. The van der Waals surface area contributed by atoms with Crippen molar-refractivity contribution in [3.8, 4) is 11.5 Å². The van der Waals surface area contributed by atoms with Crippen LogP contribution in [0.5, 0.6) is 11.5 Å². The minimum Gasteiger partial charge on any atom is -0.491 e. The molecule has 5 atom stereocenters. The second kappa shape index (κ2) is 9.95. The van der Waals surface area contributed by atoms with Crippen LogP contribution < -0.4 is 14.8 Å². The number of benzene rings is 2. The lowest BCUT2D eigenvalue weighted by atomic mass is 9.68. The molecule has 0 amide bonds. The van der Waals surface area contributed by atoms with Crippen LogP contribution >= 0.6 is 0 Å². The molecule has 0 bridgehead atoms. The van der Waals surface area contributed by atoms with Crippen molar-refractivity contribution < 1.29 is 19.4 Å². The zero-order valence-electron chi connectivity index (χ0n) is 19.3. The molecule has 172 valence electrons. The maximum atomic E-state index is 11.9. The van der Waals surface area contributed by atoms with E-state index in [4.69, 9.17) is 9.47 Å². The summed E-state index contributed by atoms with van der Waals surface area (Å²) in [7, 11) is 0. The molecule has 1 fully saturated rings. The summed E-state index contributed by atoms with van der Waals surface area (Å²) >= 11 is 0. The van der Waals surface area contributed by atoms with Gasteiger partial charge in [-0.3, -0.25) is 4.79 Å². The molecule has 0 radical (unpaired) electrons. The topological polar surface area (TPSA) is 67.8 Å². The number of anilines is 1. The van der Waals surface area contributed by atoms with E-state index in [1.165, 1.54) is 12.5 Å². The van der Waals surface area contributed by atoms with Crippen molar-refractivity contribution in [1.82, 2.24) is 0 Å². The maximum Gasteiger partial charge on any atom is 0.308 e. The molecule has 5 nitrogen and oxygen atoms in total. The Balaban J connectivity index is 1.51. The Labute approximate surface area is 191 Å². The number of carbonyl (C=O) groups excluding carboxylic acids is 1. The molecule has 2 N–H and O–H groups in total. The third kappa shape index (κ3) is 5.26. The van der Waals surface area contributed by atoms with Crippen LogP contribution in [0.15, 0.2) is 42.5 Å². The Morgan fingerprint density at radius 2 is 2.00 bits per heavy atom. The normalized spacial score (nSPS) is 25.1. The Bertz CT molecular complexity index is 929. The number of esters is 1. The summed E-state index contributed by atoms with van der Waals surface area (Å²) in [4.78, 5) is 11.9. The van der Waals surface area contributed by atoms with Gasteiger partial charge < -0.3 is 19.9 Å². The first-order chi connectivity index (χ1) is 15.4. The molecule has 4 rings (SSSR count). The van der Waals surface area contributed by atoms with Crippen molar-refractivity contribution in [2.75, 3.05) is 5.32 Å². The summed E-state index contributed by atoms with van der Waals surface area (Å²) in [6.45, 7) is 5.71. The van der Waals surface area contributed by atoms with Gasteiger partial charge in [-0.2, -0.15) is 0 Å². The Hall–Kier alpha value is -2.53. The van der Waals surface area contributed by atoms with Crippen LogP contribution in [0.25, 0.3) is 0 Å². The summed E-state index contributed by atoms with van der Waals surface area (Å²) in [5, 5.41) is 13.9. The average Bonchev–Trinajstić information content (AvgIpc) is 2.73. The predicted molar refractivity (Wildman–Crippen MR) is 126 cm³/mol. The van der Waals surface area contributed by atoms with Crippen LogP contribution in [0.4, 0.5) is 5.69 Å². The van der Waals surface area contributed by atoms with Crippen molar-refractivity contribution in [3.63, 3.8) is 0 Å². The van der Waals surface area contributed by atoms with E-state index in [0.29, 0.717) is 29.9 Å². The van der Waals surface area contributed by atoms with E-state index in [-0.39, 0.29) is 24.1 Å². The number of aliphatic hydroxyl groups excluding tert-OH is 1. The lowest BCUT2D eigenvalue weighted by molar-refractivity contribution is -0.131. The number of rotatable bonds is 7. The molecule has 2 aromatic rings. The number of hydrogen-bond donors (Lipinski definition) is 2. The van der Waals surface area contributed by atoms with Gasteiger partial charge in [-0.15, -0.1) is 0 Å². The smallest absolute Gasteiger partial charge is 0.308 e. The molecular formula is C27H35NO4. The number of nitrogens with one attached hydrogen (secondary N) is 1. The number of hydrogen-bond acceptors (Lipinski definition) is 5. The summed E-state index contributed by atoms with van der Waals surface area (Å²) in [5.74, 6) is 1.53. The van der Waals surface area contributed by atoms with E-state index in [2.05, 4.69) is 43.4 Å². The number of carbonyl (C=O) groups is 1. The first kappa shape index (κ1) is 22.7. The highest BCUT2D eigenvalue weighted by molar-refractivity contribution is 5.73. The average molecular weight is 438 g/mol. The number of aliphatic hydroxyl groups is 1. The SMILES string of the molecule is CC(=O)Oc1cc(O[C@@H](C)CCCc2ccccc2)cc2c1[C@H]1C[C@@H](O)CC[C@@H]1[C@@H](C)N2. The second-order valence-electron chi connectivity index (χ2n) is 9.45. The van der Waals surface area contributed by atoms with E-state index >= 15 is 0 Å². The van der Waals surface area contributed by atoms with Crippen LogP contribution in [-0.4, -0.2) is 29.3 Å². The van der Waals surface area contributed by atoms with Crippen LogP contribution in [0.2, 0.25) is 0 Å². The van der Waals surface area contributed by atoms with E-state index in [9.17, 15) is 9.90 Å². The molecule has 2 aromatic carbocycles. The molecule has 5 heteroatoms. The molecule has 1 heterocycles. The predicted octanol–water partition coefficient (Wildman–Crippen LogP) is 5.46. The molecule has 0 saturated heterocycles. The fourth-order valence-corrected chi connectivity index (χ4v) is 5.39. The first-order valence-corrected chi connectivity index (χ1v) is 11.9. The molecule has 2 aliphatic rings. The highest BCUT2D eigenvalue weighted by Crippen LogP contribution is 2.51. The standard InChI is InChI=1S/C27H35NO4/c1-17(8-7-11-20-9-5-4-6-10-20)31-22-15-25-27(26(16-22)32-19(3)29)24-14-21(30)12-13-23(24)18(2)28-25/h4-6,9-10,15-18,21,23-24,28,30H,7-8,11-14H2,1-3H3/t17-,18+,21-,23+,24-/m0/s1. The lowest BCUT2D eigenvalue weighted by Gasteiger charge is -2.44. The maximum absolute atomic E-state index is 11.9. The summed E-state index contributed by atoms with van der Waals surface area (Å²) in [6, 6.07) is 14.7. The minimum atomic E-state index is -0.341. The summed E-state index contributed by atoms with van der Waals surface area (Å²) in [6.07, 6.45) is 5.25. The third-order valence-corrected chi connectivity index (χ3v) is 6.90. The van der Waals surface area contributed by atoms with E-state index in [1.54, 1.807) is 0 Å². The molecule has 1 aliphatic carbocycles. The van der Waals surface area contributed by atoms with Crippen molar-refractivity contribution in [2.24, 2.45) is 5.92 Å². The van der Waals surface area contributed by atoms with Gasteiger partial charge in [-0.05, 0) is 69.8 Å². The van der Waals surface area contributed by atoms with Gasteiger partial charge in [0.05, 0.1) is 12.2 Å². The monoisotopic (exact) mass is 437 g/mol. The van der Waals surface area contributed by atoms with Crippen LogP contribution in [0, 0.1) is 5.92 Å². The molecule has 1 saturated carbocycles. The molecular weight excluding hydrogens is 402 g/mol. The Morgan fingerprint density at radius 1 is 1.22 bits per heavy atom. The zero-order valence-corrected chi connectivity index (χ0v) is 19.3. The molecule has 0 aromatic heterocycles. The van der Waals surface area contributed by atoms with E-state index < -0.39 is 0 Å². The molecule has 0 spiro atoms. The van der Waals surface area contributed by atoms with E-state index in [1.807, 2.05) is 18.2 Å². The fraction of sp³-hybridized carbons (Fsp3) is 0.519. The number of fused-ring (bicyclic) bond motifs is 3. The van der Waals surface area contributed by atoms with Crippen LogP contribution in [0.3, 0.4) is 0 Å². The quantitative estimate of drug-likeness (QED) is 0.445. The van der Waals surface area contributed by atoms with Crippen LogP contribution in [-0.2, 0) is 11.2 Å². The number of aryl methyl sites for hydroxylation is 1. The van der Waals surface area contributed by atoms with Gasteiger partial charge in [0.1, 0.15) is 11.5 Å². The largest absolute Gasteiger partial charge is 0.491 e. The van der Waals surface area contributed by atoms with Gasteiger partial charge in [-0.1, -0.05) is 30.3 Å². The minimum absolute atomic E-state index is 0.0483. The lowest BCUT2D eigenvalue weighted by Crippen LogP contribution is -2.40. The highest BCUT2D eigenvalue weighted by Gasteiger charge is 2.41. The number of ether oxygens (including phenoxy) is 2. The fourth-order valence-electron chi connectivity index (χ4n) is 5.39. The third-order valence-electron chi connectivity index (χ3n) is 6.90. The van der Waals surface area contributed by atoms with Gasteiger partial charge >= 0.3 is 5.97 Å². The van der Waals surface area contributed by atoms with Crippen molar-refractivity contribution in [1.29, 1.82) is 0 Å². The summed E-state index contributed by atoms with van der Waals surface area (Å²) in [5.41, 5.74) is 3.30.